The van der Waals surface area contributed by atoms with Crippen LogP contribution in [0.5, 0.6) is 0 Å². The summed E-state index contributed by atoms with van der Waals surface area (Å²) in [5, 5.41) is 19.4. The molecule has 162 valence electrons. The van der Waals surface area contributed by atoms with Gasteiger partial charge < -0.3 is 5.32 Å². The Morgan fingerprint density at radius 1 is 1.09 bits per heavy atom. The first kappa shape index (κ1) is 21.8. The molecule has 0 radical (unpaired) electrons. The third-order valence-corrected chi connectivity index (χ3v) is 5.96. The van der Waals surface area contributed by atoms with Crippen molar-refractivity contribution in [3.63, 3.8) is 0 Å². The van der Waals surface area contributed by atoms with E-state index in [0.717, 1.165) is 32.6 Å². The molecule has 0 atom stereocenters. The summed E-state index contributed by atoms with van der Waals surface area (Å²) in [5.74, 6) is 0.940. The Balaban J connectivity index is 1.32. The summed E-state index contributed by atoms with van der Waals surface area (Å²) in [6.45, 7) is 6.16. The Hall–Kier alpha value is -3.43. The molecule has 9 heteroatoms. The van der Waals surface area contributed by atoms with Gasteiger partial charge in [-0.3, -0.25) is 10.1 Å². The molecule has 0 aliphatic carbocycles. The Morgan fingerprint density at radius 2 is 1.81 bits per heavy atom. The standard InChI is InChI=1S/C23H22N6OS2/c1-14(2)17-7-4-16(5-8-17)6-13-20(30)25-22(31)24-19-11-9-18(10-12-19)21-28-29-15(3)26-27-23(29)32-21/h4-14H,1-3H3,(H2,24,25,30,31)/b13-6+. The van der Waals surface area contributed by atoms with Crippen molar-refractivity contribution in [2.24, 2.45) is 0 Å². The molecule has 0 aliphatic rings. The van der Waals surface area contributed by atoms with E-state index in [1.54, 1.807) is 10.6 Å². The van der Waals surface area contributed by atoms with E-state index < -0.39 is 0 Å². The van der Waals surface area contributed by atoms with E-state index in [1.165, 1.54) is 23.0 Å². The highest BCUT2D eigenvalue weighted by molar-refractivity contribution is 7.80. The minimum Gasteiger partial charge on any atom is -0.332 e. The van der Waals surface area contributed by atoms with Crippen molar-refractivity contribution in [2.75, 3.05) is 5.32 Å². The maximum Gasteiger partial charge on any atom is 0.250 e. The summed E-state index contributed by atoms with van der Waals surface area (Å²) < 4.78 is 1.73. The van der Waals surface area contributed by atoms with Crippen LogP contribution in [0.2, 0.25) is 0 Å². The molecule has 0 saturated heterocycles. The van der Waals surface area contributed by atoms with Gasteiger partial charge in [0, 0.05) is 17.3 Å². The molecule has 4 rings (SSSR count). The van der Waals surface area contributed by atoms with E-state index in [9.17, 15) is 4.79 Å². The number of aryl methyl sites for hydroxylation is 1. The lowest BCUT2D eigenvalue weighted by Crippen LogP contribution is -2.32. The average molecular weight is 463 g/mol. The monoisotopic (exact) mass is 462 g/mol. The van der Waals surface area contributed by atoms with Gasteiger partial charge in [0.1, 0.15) is 5.01 Å². The van der Waals surface area contributed by atoms with Crippen molar-refractivity contribution in [3.05, 3.63) is 71.6 Å². The number of anilines is 1. The Morgan fingerprint density at radius 3 is 2.47 bits per heavy atom. The van der Waals surface area contributed by atoms with Crippen molar-refractivity contribution in [3.8, 4) is 10.6 Å². The number of aromatic nitrogens is 4. The lowest BCUT2D eigenvalue weighted by atomic mass is 10.0. The highest BCUT2D eigenvalue weighted by atomic mass is 32.1. The quantitative estimate of drug-likeness (QED) is 0.327. The minimum absolute atomic E-state index is 0.233. The summed E-state index contributed by atoms with van der Waals surface area (Å²) in [7, 11) is 0. The number of rotatable bonds is 5. The number of fused-ring (bicyclic) bond motifs is 1. The van der Waals surface area contributed by atoms with Crippen LogP contribution in [0.25, 0.3) is 21.6 Å². The fraction of sp³-hybridized carbons (Fsp3) is 0.174. The van der Waals surface area contributed by atoms with Crippen LogP contribution < -0.4 is 10.6 Å². The van der Waals surface area contributed by atoms with Gasteiger partial charge in [-0.1, -0.05) is 49.4 Å². The van der Waals surface area contributed by atoms with Crippen LogP contribution in [-0.4, -0.2) is 30.8 Å². The summed E-state index contributed by atoms with van der Waals surface area (Å²) in [5.41, 5.74) is 3.96. The lowest BCUT2D eigenvalue weighted by Gasteiger charge is -2.08. The number of hydrogen-bond donors (Lipinski definition) is 2. The van der Waals surface area contributed by atoms with Gasteiger partial charge in [0.05, 0.1) is 0 Å². The zero-order valence-corrected chi connectivity index (χ0v) is 19.5. The predicted octanol–water partition coefficient (Wildman–Crippen LogP) is 4.81. The Labute approximate surface area is 195 Å². The molecule has 32 heavy (non-hydrogen) atoms. The molecule has 2 heterocycles. The zero-order valence-electron chi connectivity index (χ0n) is 17.9. The molecule has 0 saturated carbocycles. The Kier molecular flexibility index (Phi) is 6.38. The van der Waals surface area contributed by atoms with Gasteiger partial charge in [-0.15, -0.1) is 10.2 Å². The summed E-state index contributed by atoms with van der Waals surface area (Å²) in [6.07, 6.45) is 3.23. The van der Waals surface area contributed by atoms with Gasteiger partial charge >= 0.3 is 0 Å². The third kappa shape index (κ3) is 5.06. The zero-order chi connectivity index (χ0) is 22.7. The van der Waals surface area contributed by atoms with Crippen molar-refractivity contribution >= 4 is 51.3 Å². The molecule has 0 spiro atoms. The fourth-order valence-corrected chi connectivity index (χ4v) is 4.12. The molecule has 2 aromatic carbocycles. The first-order chi connectivity index (χ1) is 15.4. The average Bonchev–Trinajstić information content (AvgIpc) is 3.35. The van der Waals surface area contributed by atoms with Gasteiger partial charge in [0.2, 0.25) is 10.9 Å². The van der Waals surface area contributed by atoms with E-state index >= 15 is 0 Å². The number of nitrogens with one attached hydrogen (secondary N) is 2. The number of carbonyl (C=O) groups excluding carboxylic acids is 1. The van der Waals surface area contributed by atoms with Crippen LogP contribution in [0.1, 0.15) is 36.7 Å². The van der Waals surface area contributed by atoms with Gasteiger partial charge in [0.25, 0.3) is 0 Å². The normalized spacial score (nSPS) is 11.4. The molecule has 7 nitrogen and oxygen atoms in total. The first-order valence-corrected chi connectivity index (χ1v) is 11.3. The van der Waals surface area contributed by atoms with E-state index in [1.807, 2.05) is 43.3 Å². The van der Waals surface area contributed by atoms with Crippen LogP contribution in [-0.2, 0) is 4.79 Å². The van der Waals surface area contributed by atoms with E-state index in [-0.39, 0.29) is 11.0 Å². The summed E-state index contributed by atoms with van der Waals surface area (Å²) in [6, 6.07) is 15.8. The maximum atomic E-state index is 12.2. The van der Waals surface area contributed by atoms with Crippen molar-refractivity contribution in [1.82, 2.24) is 25.1 Å². The second-order valence-corrected chi connectivity index (χ2v) is 8.89. The van der Waals surface area contributed by atoms with Crippen LogP contribution >= 0.6 is 23.6 Å². The smallest absolute Gasteiger partial charge is 0.250 e. The highest BCUT2D eigenvalue weighted by Gasteiger charge is 2.10. The van der Waals surface area contributed by atoms with E-state index in [2.05, 4.69) is 51.9 Å². The van der Waals surface area contributed by atoms with Crippen LogP contribution in [0, 0.1) is 6.92 Å². The maximum absolute atomic E-state index is 12.2. The number of thiocarbonyl (C=S) groups is 1. The van der Waals surface area contributed by atoms with Gasteiger partial charge in [0.15, 0.2) is 10.9 Å². The fourth-order valence-electron chi connectivity index (χ4n) is 3.01. The van der Waals surface area contributed by atoms with Crippen LogP contribution in [0.3, 0.4) is 0 Å². The van der Waals surface area contributed by atoms with Gasteiger partial charge in [-0.25, -0.2) is 0 Å². The molecule has 4 aromatic rings. The predicted molar refractivity (Wildman–Crippen MR) is 133 cm³/mol. The molecule has 0 fully saturated rings. The minimum atomic E-state index is -0.290. The number of amides is 1. The molecular formula is C23H22N6OS2. The topological polar surface area (TPSA) is 84.2 Å². The second kappa shape index (κ2) is 9.37. The van der Waals surface area contributed by atoms with Crippen LogP contribution in [0.15, 0.2) is 54.6 Å². The molecule has 1 amide bonds. The molecule has 2 aromatic heterocycles. The number of carbonyl (C=O) groups is 1. The van der Waals surface area contributed by atoms with Crippen molar-refractivity contribution < 1.29 is 4.79 Å². The molecule has 0 bridgehead atoms. The number of benzene rings is 2. The van der Waals surface area contributed by atoms with Crippen molar-refractivity contribution in [1.29, 1.82) is 0 Å². The summed E-state index contributed by atoms with van der Waals surface area (Å²) >= 11 is 6.73. The van der Waals surface area contributed by atoms with E-state index in [4.69, 9.17) is 12.2 Å². The molecule has 0 aliphatic heterocycles. The first-order valence-electron chi connectivity index (χ1n) is 10.1. The summed E-state index contributed by atoms with van der Waals surface area (Å²) in [4.78, 5) is 12.9. The largest absolute Gasteiger partial charge is 0.332 e. The van der Waals surface area contributed by atoms with Crippen molar-refractivity contribution in [2.45, 2.75) is 26.7 Å². The second-order valence-electron chi connectivity index (χ2n) is 7.52. The van der Waals surface area contributed by atoms with Gasteiger partial charge in [-0.2, -0.15) is 9.61 Å². The highest BCUT2D eigenvalue weighted by Crippen LogP contribution is 2.26. The third-order valence-electron chi connectivity index (χ3n) is 4.80. The Bertz CT molecular complexity index is 1290. The molecular weight excluding hydrogens is 440 g/mol. The van der Waals surface area contributed by atoms with Crippen LogP contribution in [0.4, 0.5) is 5.69 Å². The molecule has 2 N–H and O–H groups in total. The molecule has 0 unspecified atom stereocenters. The lowest BCUT2D eigenvalue weighted by molar-refractivity contribution is -0.115. The SMILES string of the molecule is Cc1nnc2sc(-c3ccc(NC(=S)NC(=O)/C=C/c4ccc(C(C)C)cc4)cc3)nn12. The number of nitrogens with zero attached hydrogens (tertiary/aromatic N) is 4. The van der Waals surface area contributed by atoms with Gasteiger partial charge in [-0.05, 0) is 66.5 Å². The number of hydrogen-bond acceptors (Lipinski definition) is 6. The van der Waals surface area contributed by atoms with E-state index in [0.29, 0.717) is 5.92 Å².